The van der Waals surface area contributed by atoms with Crippen LogP contribution in [0, 0.1) is 0 Å². The fourth-order valence-corrected chi connectivity index (χ4v) is 2.74. The second kappa shape index (κ2) is 5.22. The van der Waals surface area contributed by atoms with Gasteiger partial charge in [-0.05, 0) is 40.0 Å². The minimum absolute atomic E-state index is 0.100. The first-order valence-corrected chi connectivity index (χ1v) is 7.02. The van der Waals surface area contributed by atoms with Crippen LogP contribution in [0.2, 0.25) is 0 Å². The van der Waals surface area contributed by atoms with Crippen LogP contribution in [0.4, 0.5) is 11.5 Å². The SMILES string of the molecule is NNc1ncc(Br)cc1C(=O)N1CCc2ccccc21. The van der Waals surface area contributed by atoms with Gasteiger partial charge < -0.3 is 10.3 Å². The van der Waals surface area contributed by atoms with E-state index in [1.54, 1.807) is 17.2 Å². The van der Waals surface area contributed by atoms with E-state index >= 15 is 0 Å². The number of carbonyl (C=O) groups is 1. The molecule has 0 unspecified atom stereocenters. The molecular formula is C14H13BrN4O. The third kappa shape index (κ3) is 2.17. The quantitative estimate of drug-likeness (QED) is 0.654. The molecule has 2 aromatic rings. The van der Waals surface area contributed by atoms with Gasteiger partial charge in [0.15, 0.2) is 5.82 Å². The summed E-state index contributed by atoms with van der Waals surface area (Å²) in [5.41, 5.74) is 5.07. The van der Waals surface area contributed by atoms with Crippen LogP contribution in [-0.2, 0) is 6.42 Å². The predicted octanol–water partition coefficient (Wildman–Crippen LogP) is 2.33. The van der Waals surface area contributed by atoms with Gasteiger partial charge in [-0.3, -0.25) is 4.79 Å². The Labute approximate surface area is 124 Å². The van der Waals surface area contributed by atoms with Crippen molar-refractivity contribution in [3.05, 3.63) is 52.1 Å². The summed E-state index contributed by atoms with van der Waals surface area (Å²) in [6.07, 6.45) is 2.47. The normalized spacial score (nSPS) is 13.2. The number of halogens is 1. The molecule has 1 aromatic heterocycles. The molecule has 0 saturated heterocycles. The minimum atomic E-state index is -0.100. The van der Waals surface area contributed by atoms with Crippen LogP contribution in [0.5, 0.6) is 0 Å². The Kier molecular flexibility index (Phi) is 3.42. The first kappa shape index (κ1) is 13.1. The number of aromatic nitrogens is 1. The number of nitrogen functional groups attached to an aromatic ring is 1. The van der Waals surface area contributed by atoms with Crippen molar-refractivity contribution in [2.24, 2.45) is 5.84 Å². The molecule has 3 N–H and O–H groups in total. The number of para-hydroxylation sites is 1. The number of pyridine rings is 1. The van der Waals surface area contributed by atoms with Crippen molar-refractivity contribution in [3.8, 4) is 0 Å². The summed E-state index contributed by atoms with van der Waals surface area (Å²) in [4.78, 5) is 18.6. The molecule has 20 heavy (non-hydrogen) atoms. The number of nitrogens with zero attached hydrogens (tertiary/aromatic N) is 2. The topological polar surface area (TPSA) is 71.2 Å². The average molecular weight is 333 g/mol. The molecule has 3 rings (SSSR count). The lowest BCUT2D eigenvalue weighted by Crippen LogP contribution is -2.30. The Morgan fingerprint density at radius 3 is 3.00 bits per heavy atom. The number of hydrogen-bond acceptors (Lipinski definition) is 4. The van der Waals surface area contributed by atoms with E-state index in [1.807, 2.05) is 24.3 Å². The Bertz CT molecular complexity index is 674. The highest BCUT2D eigenvalue weighted by Crippen LogP contribution is 2.30. The molecule has 0 radical (unpaired) electrons. The van der Waals surface area contributed by atoms with Crippen LogP contribution in [-0.4, -0.2) is 17.4 Å². The van der Waals surface area contributed by atoms with Gasteiger partial charge in [0, 0.05) is 22.9 Å². The maximum absolute atomic E-state index is 12.7. The van der Waals surface area contributed by atoms with Crippen LogP contribution < -0.4 is 16.2 Å². The monoisotopic (exact) mass is 332 g/mol. The number of nitrogens with one attached hydrogen (secondary N) is 1. The van der Waals surface area contributed by atoms with Crippen molar-refractivity contribution < 1.29 is 4.79 Å². The van der Waals surface area contributed by atoms with Crippen molar-refractivity contribution in [3.63, 3.8) is 0 Å². The minimum Gasteiger partial charge on any atom is -0.308 e. The number of rotatable bonds is 2. The van der Waals surface area contributed by atoms with Gasteiger partial charge >= 0.3 is 0 Å². The van der Waals surface area contributed by atoms with Crippen LogP contribution in [0.15, 0.2) is 41.0 Å². The van der Waals surface area contributed by atoms with Crippen molar-refractivity contribution >= 4 is 33.3 Å². The van der Waals surface area contributed by atoms with Crippen molar-refractivity contribution in [1.82, 2.24) is 4.98 Å². The van der Waals surface area contributed by atoms with Gasteiger partial charge in [-0.15, -0.1) is 0 Å². The average Bonchev–Trinajstić information content (AvgIpc) is 2.90. The number of amides is 1. The van der Waals surface area contributed by atoms with Crippen LogP contribution >= 0.6 is 15.9 Å². The van der Waals surface area contributed by atoms with Crippen molar-refractivity contribution in [1.29, 1.82) is 0 Å². The molecule has 0 saturated carbocycles. The number of hydrogen-bond donors (Lipinski definition) is 2. The molecule has 1 aromatic carbocycles. The molecule has 0 spiro atoms. The van der Waals surface area contributed by atoms with E-state index in [-0.39, 0.29) is 5.91 Å². The lowest BCUT2D eigenvalue weighted by atomic mass is 10.1. The van der Waals surface area contributed by atoms with Gasteiger partial charge in [-0.2, -0.15) is 0 Å². The molecule has 1 aliphatic heterocycles. The summed E-state index contributed by atoms with van der Waals surface area (Å²) in [7, 11) is 0. The molecule has 0 fully saturated rings. The van der Waals surface area contributed by atoms with Crippen LogP contribution in [0.25, 0.3) is 0 Å². The molecule has 0 atom stereocenters. The third-order valence-electron chi connectivity index (χ3n) is 3.35. The molecule has 0 aliphatic carbocycles. The smallest absolute Gasteiger partial charge is 0.262 e. The Morgan fingerprint density at radius 1 is 1.40 bits per heavy atom. The van der Waals surface area contributed by atoms with E-state index in [9.17, 15) is 4.79 Å². The van der Waals surface area contributed by atoms with E-state index in [0.717, 1.165) is 16.6 Å². The molecule has 1 amide bonds. The Balaban J connectivity index is 2.00. The van der Waals surface area contributed by atoms with Gasteiger partial charge in [-0.1, -0.05) is 18.2 Å². The van der Waals surface area contributed by atoms with Gasteiger partial charge in [0.1, 0.15) is 0 Å². The Hall–Kier alpha value is -1.92. The standard InChI is InChI=1S/C14H13BrN4O/c15-10-7-11(13(18-16)17-8-10)14(20)19-6-5-9-3-1-2-4-12(9)19/h1-4,7-8H,5-6,16H2,(H,17,18). The van der Waals surface area contributed by atoms with Crippen LogP contribution in [0.1, 0.15) is 15.9 Å². The van der Waals surface area contributed by atoms with E-state index < -0.39 is 0 Å². The zero-order chi connectivity index (χ0) is 14.1. The largest absolute Gasteiger partial charge is 0.308 e. The van der Waals surface area contributed by atoms with Crippen LogP contribution in [0.3, 0.4) is 0 Å². The highest BCUT2D eigenvalue weighted by molar-refractivity contribution is 9.10. The number of hydrazine groups is 1. The molecule has 102 valence electrons. The summed E-state index contributed by atoms with van der Waals surface area (Å²) in [5.74, 6) is 5.71. The molecule has 2 heterocycles. The maximum atomic E-state index is 12.7. The molecule has 1 aliphatic rings. The second-order valence-corrected chi connectivity index (χ2v) is 5.45. The third-order valence-corrected chi connectivity index (χ3v) is 3.79. The molecule has 6 heteroatoms. The first-order valence-electron chi connectivity index (χ1n) is 6.22. The number of benzene rings is 1. The number of anilines is 2. The van der Waals surface area contributed by atoms with Crippen molar-refractivity contribution in [2.75, 3.05) is 16.9 Å². The zero-order valence-corrected chi connectivity index (χ0v) is 12.2. The lowest BCUT2D eigenvalue weighted by Gasteiger charge is -2.18. The fourth-order valence-electron chi connectivity index (χ4n) is 2.41. The fraction of sp³-hybridized carbons (Fsp3) is 0.143. The summed E-state index contributed by atoms with van der Waals surface area (Å²) in [5, 5.41) is 0. The molecule has 5 nitrogen and oxygen atoms in total. The summed E-state index contributed by atoms with van der Waals surface area (Å²) >= 11 is 3.33. The van der Waals surface area contributed by atoms with E-state index in [4.69, 9.17) is 5.84 Å². The summed E-state index contributed by atoms with van der Waals surface area (Å²) < 4.78 is 0.743. The van der Waals surface area contributed by atoms with Gasteiger partial charge in [0.25, 0.3) is 5.91 Å². The van der Waals surface area contributed by atoms with Crippen molar-refractivity contribution in [2.45, 2.75) is 6.42 Å². The van der Waals surface area contributed by atoms with E-state index in [2.05, 4.69) is 26.3 Å². The Morgan fingerprint density at radius 2 is 2.20 bits per heavy atom. The molecule has 0 bridgehead atoms. The zero-order valence-electron chi connectivity index (χ0n) is 10.6. The van der Waals surface area contributed by atoms with E-state index in [1.165, 1.54) is 5.56 Å². The van der Waals surface area contributed by atoms with Gasteiger partial charge in [-0.25, -0.2) is 10.8 Å². The van der Waals surface area contributed by atoms with E-state index in [0.29, 0.717) is 17.9 Å². The number of fused-ring (bicyclic) bond motifs is 1. The summed E-state index contributed by atoms with van der Waals surface area (Å²) in [6, 6.07) is 9.66. The predicted molar refractivity (Wildman–Crippen MR) is 81.6 cm³/mol. The number of nitrogens with two attached hydrogens (primary N) is 1. The highest BCUT2D eigenvalue weighted by Gasteiger charge is 2.27. The lowest BCUT2D eigenvalue weighted by molar-refractivity contribution is 0.0990. The highest BCUT2D eigenvalue weighted by atomic mass is 79.9. The van der Waals surface area contributed by atoms with Gasteiger partial charge in [0.05, 0.1) is 5.56 Å². The number of carbonyl (C=O) groups excluding carboxylic acids is 1. The summed E-state index contributed by atoms with van der Waals surface area (Å²) in [6.45, 7) is 0.675. The molecular weight excluding hydrogens is 320 g/mol. The first-order chi connectivity index (χ1) is 9.70. The van der Waals surface area contributed by atoms with Gasteiger partial charge in [0.2, 0.25) is 0 Å². The second-order valence-electron chi connectivity index (χ2n) is 4.53. The maximum Gasteiger partial charge on any atom is 0.262 e.